The van der Waals surface area contributed by atoms with Crippen molar-refractivity contribution in [3.05, 3.63) is 46.8 Å². The molecule has 1 aliphatic heterocycles. The molecule has 3 rings (SSSR count). The van der Waals surface area contributed by atoms with Gasteiger partial charge in [0.25, 0.3) is 0 Å². The number of fused-ring (bicyclic) bond motifs is 1. The number of para-hydroxylation sites is 1. The highest BCUT2D eigenvalue weighted by Crippen LogP contribution is 2.44. The second-order valence-electron chi connectivity index (χ2n) is 5.53. The summed E-state index contributed by atoms with van der Waals surface area (Å²) >= 11 is 0. The van der Waals surface area contributed by atoms with Crippen molar-refractivity contribution in [1.82, 2.24) is 9.97 Å². The maximum Gasteiger partial charge on any atom is 0.162 e. The Balaban J connectivity index is 2.05. The molecule has 0 bridgehead atoms. The topological polar surface area (TPSA) is 70.8 Å². The van der Waals surface area contributed by atoms with E-state index in [9.17, 15) is 4.91 Å². The van der Waals surface area contributed by atoms with Crippen molar-refractivity contribution < 1.29 is 0 Å². The maximum absolute atomic E-state index is 10.5. The van der Waals surface area contributed by atoms with Crippen molar-refractivity contribution in [3.8, 4) is 0 Å². The van der Waals surface area contributed by atoms with Gasteiger partial charge in [-0.05, 0) is 31.9 Å². The van der Waals surface area contributed by atoms with E-state index >= 15 is 0 Å². The molecular formula is C17H19N5O. The van der Waals surface area contributed by atoms with Gasteiger partial charge >= 0.3 is 0 Å². The lowest BCUT2D eigenvalue weighted by molar-refractivity contribution is 0.666. The molecule has 6 heteroatoms. The number of anilines is 2. The van der Waals surface area contributed by atoms with Crippen LogP contribution in [0, 0.1) is 11.8 Å². The predicted molar refractivity (Wildman–Crippen MR) is 92.1 cm³/mol. The highest BCUT2D eigenvalue weighted by atomic mass is 16.3. The van der Waals surface area contributed by atoms with Crippen LogP contribution in [0.3, 0.4) is 0 Å². The van der Waals surface area contributed by atoms with Gasteiger partial charge in [0.15, 0.2) is 5.82 Å². The van der Waals surface area contributed by atoms with Crippen molar-refractivity contribution in [2.24, 2.45) is 10.2 Å². The lowest BCUT2D eigenvalue weighted by atomic mass is 9.98. The molecule has 0 saturated heterocycles. The second kappa shape index (κ2) is 6.64. The molecule has 1 unspecified atom stereocenters. The van der Waals surface area contributed by atoms with Gasteiger partial charge in [0, 0.05) is 24.4 Å². The van der Waals surface area contributed by atoms with E-state index in [1.165, 1.54) is 5.56 Å². The van der Waals surface area contributed by atoms with E-state index in [2.05, 4.69) is 37.2 Å². The molecule has 0 fully saturated rings. The molecule has 1 aromatic carbocycles. The molecule has 0 aliphatic carbocycles. The molecule has 0 radical (unpaired) electrons. The summed E-state index contributed by atoms with van der Waals surface area (Å²) in [7, 11) is 0. The largest absolute Gasteiger partial charge is 0.324 e. The summed E-state index contributed by atoms with van der Waals surface area (Å²) in [6.07, 6.45) is 4.07. The van der Waals surface area contributed by atoms with Crippen molar-refractivity contribution >= 4 is 23.4 Å². The van der Waals surface area contributed by atoms with Crippen LogP contribution in [0.1, 0.15) is 30.5 Å². The van der Waals surface area contributed by atoms with Crippen molar-refractivity contribution in [1.29, 1.82) is 0 Å². The number of nitrogens with zero attached hydrogens (tertiary/aromatic N) is 5. The fraction of sp³-hybridized carbons (Fsp3) is 0.353. The number of nitroso groups, excluding NO2 is 1. The zero-order chi connectivity index (χ0) is 16.2. The average Bonchev–Trinajstić information content (AvgIpc) is 2.94. The first kappa shape index (κ1) is 15.3. The van der Waals surface area contributed by atoms with Gasteiger partial charge < -0.3 is 4.90 Å². The molecule has 1 aliphatic rings. The highest BCUT2D eigenvalue weighted by molar-refractivity contribution is 5.78. The minimum absolute atomic E-state index is 0.276. The van der Waals surface area contributed by atoms with E-state index in [0.29, 0.717) is 6.54 Å². The van der Waals surface area contributed by atoms with Gasteiger partial charge in [-0.15, -0.1) is 0 Å². The Hall–Kier alpha value is -2.63. The summed E-state index contributed by atoms with van der Waals surface area (Å²) in [5, 5.41) is 3.01. The van der Waals surface area contributed by atoms with Crippen molar-refractivity contribution in [2.45, 2.75) is 26.2 Å². The molecule has 2 heterocycles. The normalized spacial score (nSPS) is 16.8. The molecule has 0 saturated carbocycles. The highest BCUT2D eigenvalue weighted by Gasteiger charge is 2.31. The quantitative estimate of drug-likeness (QED) is 0.620. The summed E-state index contributed by atoms with van der Waals surface area (Å²) in [4.78, 5) is 25.8. The summed E-state index contributed by atoms with van der Waals surface area (Å²) in [5.74, 6) is 1.09. The fourth-order valence-electron chi connectivity index (χ4n) is 3.08. The number of aromatic nitrogens is 2. The summed E-state index contributed by atoms with van der Waals surface area (Å²) in [6, 6.07) is 8.24. The Bertz CT molecular complexity index is 744. The molecule has 2 aromatic rings. The van der Waals surface area contributed by atoms with Crippen LogP contribution in [0.2, 0.25) is 0 Å². The monoisotopic (exact) mass is 309 g/mol. The van der Waals surface area contributed by atoms with Gasteiger partial charge in [-0.1, -0.05) is 23.4 Å². The van der Waals surface area contributed by atoms with Gasteiger partial charge in [0.05, 0.1) is 12.2 Å². The first-order chi connectivity index (χ1) is 11.3. The van der Waals surface area contributed by atoms with E-state index in [1.54, 1.807) is 12.5 Å². The molecule has 0 amide bonds. The first-order valence-corrected chi connectivity index (χ1v) is 7.72. The summed E-state index contributed by atoms with van der Waals surface area (Å²) in [6.45, 7) is 4.92. The molecule has 6 nitrogen and oxygen atoms in total. The molecule has 1 aromatic heterocycles. The molecule has 1 atom stereocenters. The third kappa shape index (κ3) is 2.84. The van der Waals surface area contributed by atoms with Crippen LogP contribution < -0.4 is 4.90 Å². The van der Waals surface area contributed by atoms with Crippen LogP contribution >= 0.6 is 0 Å². The summed E-state index contributed by atoms with van der Waals surface area (Å²) in [5.41, 5.74) is 4.00. The van der Waals surface area contributed by atoms with Crippen LogP contribution in [-0.2, 0) is 0 Å². The van der Waals surface area contributed by atoms with Crippen molar-refractivity contribution in [3.63, 3.8) is 0 Å². The Morgan fingerprint density at radius 3 is 2.96 bits per heavy atom. The van der Waals surface area contributed by atoms with Crippen LogP contribution in [-0.4, -0.2) is 29.3 Å². The third-order valence-corrected chi connectivity index (χ3v) is 4.14. The van der Waals surface area contributed by atoms with Crippen LogP contribution in [0.4, 0.5) is 17.2 Å². The molecule has 0 N–H and O–H groups in total. The zero-order valence-corrected chi connectivity index (χ0v) is 13.3. The fourth-order valence-corrected chi connectivity index (χ4v) is 3.08. The number of benzene rings is 1. The van der Waals surface area contributed by atoms with Gasteiger partial charge in [-0.2, -0.15) is 4.91 Å². The van der Waals surface area contributed by atoms with E-state index in [0.717, 1.165) is 35.9 Å². The SMILES string of the molecule is C/C=N\c1c(C)ncnc1N1CC(CCN=O)c2ccccc21. The van der Waals surface area contributed by atoms with Crippen LogP contribution in [0.25, 0.3) is 0 Å². The van der Waals surface area contributed by atoms with E-state index in [4.69, 9.17) is 0 Å². The van der Waals surface area contributed by atoms with Crippen molar-refractivity contribution in [2.75, 3.05) is 18.0 Å². The van der Waals surface area contributed by atoms with Crippen LogP contribution in [0.5, 0.6) is 0 Å². The summed E-state index contributed by atoms with van der Waals surface area (Å²) < 4.78 is 0. The van der Waals surface area contributed by atoms with E-state index in [1.807, 2.05) is 26.0 Å². The smallest absolute Gasteiger partial charge is 0.162 e. The number of rotatable bonds is 5. The maximum atomic E-state index is 10.5. The van der Waals surface area contributed by atoms with E-state index < -0.39 is 0 Å². The van der Waals surface area contributed by atoms with Crippen LogP contribution in [0.15, 0.2) is 40.8 Å². The number of hydrogen-bond acceptors (Lipinski definition) is 6. The second-order valence-corrected chi connectivity index (χ2v) is 5.53. The predicted octanol–water partition coefficient (Wildman–Crippen LogP) is 3.90. The zero-order valence-electron chi connectivity index (χ0n) is 13.3. The Labute approximate surface area is 135 Å². The van der Waals surface area contributed by atoms with Gasteiger partial charge in [-0.25, -0.2) is 9.97 Å². The van der Waals surface area contributed by atoms with Gasteiger partial charge in [0.2, 0.25) is 0 Å². The van der Waals surface area contributed by atoms with Gasteiger partial charge in [-0.3, -0.25) is 4.99 Å². The Morgan fingerprint density at radius 1 is 1.35 bits per heavy atom. The molecule has 0 spiro atoms. The molecule has 118 valence electrons. The lowest BCUT2D eigenvalue weighted by Gasteiger charge is -2.21. The van der Waals surface area contributed by atoms with Gasteiger partial charge in [0.1, 0.15) is 12.0 Å². The minimum Gasteiger partial charge on any atom is -0.324 e. The molecule has 23 heavy (non-hydrogen) atoms. The molecular weight excluding hydrogens is 290 g/mol. The number of aliphatic imine (C=N–C) groups is 1. The third-order valence-electron chi connectivity index (χ3n) is 4.14. The standard InChI is InChI=1S/C17H19N5O/c1-3-18-16-12(2)19-11-20-17(16)22-10-13(8-9-21-23)14-6-4-5-7-15(14)22/h3-7,11,13H,8-10H2,1-2H3/b18-3-. The number of aryl methyl sites for hydroxylation is 1. The Morgan fingerprint density at radius 2 is 2.17 bits per heavy atom. The number of hydrogen-bond donors (Lipinski definition) is 0. The Kier molecular flexibility index (Phi) is 4.41. The minimum atomic E-state index is 0.276. The lowest BCUT2D eigenvalue weighted by Crippen LogP contribution is -2.18. The first-order valence-electron chi connectivity index (χ1n) is 7.72. The average molecular weight is 309 g/mol. The van der Waals surface area contributed by atoms with E-state index in [-0.39, 0.29) is 5.92 Å².